The Morgan fingerprint density at radius 3 is 2.04 bits per heavy atom. The lowest BCUT2D eigenvalue weighted by Gasteiger charge is -2.26. The highest BCUT2D eigenvalue weighted by atomic mass is 15.1. The normalized spacial score (nSPS) is 10.3. The van der Waals surface area contributed by atoms with Crippen LogP contribution in [0.3, 0.4) is 0 Å². The van der Waals surface area contributed by atoms with Crippen LogP contribution in [0.2, 0.25) is 0 Å². The molecular formula is C24H34N2. The van der Waals surface area contributed by atoms with Crippen molar-refractivity contribution in [3.05, 3.63) is 72.6 Å². The number of hydrogen-bond acceptors (Lipinski definition) is 1. The number of para-hydroxylation sites is 1. The first kappa shape index (κ1) is 21.7. The zero-order valence-electron chi connectivity index (χ0n) is 17.5. The lowest BCUT2D eigenvalue weighted by Crippen LogP contribution is -2.17. The molecular weight excluding hydrogens is 316 g/mol. The molecule has 0 unspecified atom stereocenters. The van der Waals surface area contributed by atoms with Crippen LogP contribution in [0.5, 0.6) is 0 Å². The Balaban J connectivity index is 0.000000791. The molecule has 0 spiro atoms. The number of imidazole rings is 1. The zero-order valence-corrected chi connectivity index (χ0v) is 17.5. The molecule has 1 aromatic heterocycles. The van der Waals surface area contributed by atoms with Crippen LogP contribution in [0.15, 0.2) is 67.0 Å². The van der Waals surface area contributed by atoms with E-state index in [2.05, 4.69) is 78.9 Å². The van der Waals surface area contributed by atoms with Gasteiger partial charge in [-0.1, -0.05) is 90.9 Å². The molecule has 0 amide bonds. The van der Waals surface area contributed by atoms with Gasteiger partial charge in [0.05, 0.1) is 0 Å². The van der Waals surface area contributed by atoms with E-state index in [-0.39, 0.29) is 5.41 Å². The molecule has 26 heavy (non-hydrogen) atoms. The van der Waals surface area contributed by atoms with E-state index in [0.717, 1.165) is 17.9 Å². The van der Waals surface area contributed by atoms with Gasteiger partial charge >= 0.3 is 0 Å². The maximum Gasteiger partial charge on any atom is 0.144 e. The molecule has 2 nitrogen and oxygen atoms in total. The van der Waals surface area contributed by atoms with E-state index in [9.17, 15) is 0 Å². The topological polar surface area (TPSA) is 17.8 Å². The Hall–Kier alpha value is -2.35. The average Bonchev–Trinajstić information content (AvgIpc) is 3.21. The molecule has 0 bridgehead atoms. The first-order chi connectivity index (χ1) is 12.6. The van der Waals surface area contributed by atoms with Gasteiger partial charge in [0.15, 0.2) is 0 Å². The molecule has 0 aliphatic heterocycles. The average molecular weight is 351 g/mol. The lowest BCUT2D eigenvalue weighted by atomic mass is 9.79. The number of hydrogen-bond donors (Lipinski definition) is 0. The Labute approximate surface area is 159 Å². The minimum absolute atomic E-state index is 0.129. The molecule has 0 aliphatic carbocycles. The molecule has 3 aromatic rings. The number of benzene rings is 2. The van der Waals surface area contributed by atoms with Gasteiger partial charge in [-0.2, -0.15) is 0 Å². The van der Waals surface area contributed by atoms with Crippen molar-refractivity contribution < 1.29 is 0 Å². The van der Waals surface area contributed by atoms with Crippen molar-refractivity contribution in [1.29, 1.82) is 0 Å². The van der Waals surface area contributed by atoms with Crippen molar-refractivity contribution in [3.63, 3.8) is 0 Å². The van der Waals surface area contributed by atoms with Gasteiger partial charge in [0.1, 0.15) is 5.82 Å². The molecule has 0 aliphatic rings. The van der Waals surface area contributed by atoms with Gasteiger partial charge in [0.2, 0.25) is 0 Å². The van der Waals surface area contributed by atoms with Crippen molar-refractivity contribution in [2.75, 3.05) is 0 Å². The maximum atomic E-state index is 4.63. The highest BCUT2D eigenvalue weighted by Gasteiger charge is 2.23. The predicted octanol–water partition coefficient (Wildman–Crippen LogP) is 7.28. The third kappa shape index (κ3) is 4.85. The standard InChI is InChI=1S/C20H22N2.2C2H6/c1-4-20(2,3)18-13-9-8-12-17(18)19-21-14-15-22(19)16-10-6-5-7-11-16;2*1-2/h5-15H,4H2,1-3H3;2*1-2H3. The summed E-state index contributed by atoms with van der Waals surface area (Å²) in [5.41, 5.74) is 3.83. The molecule has 0 saturated heterocycles. The van der Waals surface area contributed by atoms with Gasteiger partial charge in [0, 0.05) is 23.6 Å². The highest BCUT2D eigenvalue weighted by molar-refractivity contribution is 5.64. The van der Waals surface area contributed by atoms with Crippen LogP contribution in [0.4, 0.5) is 0 Å². The van der Waals surface area contributed by atoms with Gasteiger partial charge in [0.25, 0.3) is 0 Å². The zero-order chi connectivity index (χ0) is 19.6. The summed E-state index contributed by atoms with van der Waals surface area (Å²) in [7, 11) is 0. The summed E-state index contributed by atoms with van der Waals surface area (Å²) < 4.78 is 2.16. The quantitative estimate of drug-likeness (QED) is 0.483. The van der Waals surface area contributed by atoms with E-state index < -0.39 is 0 Å². The maximum absolute atomic E-state index is 4.63. The molecule has 0 N–H and O–H groups in total. The van der Waals surface area contributed by atoms with E-state index in [1.807, 2.05) is 46.2 Å². The summed E-state index contributed by atoms with van der Waals surface area (Å²) >= 11 is 0. The van der Waals surface area contributed by atoms with E-state index in [0.29, 0.717) is 0 Å². The van der Waals surface area contributed by atoms with E-state index in [4.69, 9.17) is 0 Å². The van der Waals surface area contributed by atoms with Gasteiger partial charge in [-0.25, -0.2) is 4.98 Å². The Morgan fingerprint density at radius 1 is 0.846 bits per heavy atom. The van der Waals surface area contributed by atoms with Crippen LogP contribution in [-0.4, -0.2) is 9.55 Å². The molecule has 0 saturated carbocycles. The molecule has 2 aromatic carbocycles. The Bertz CT molecular complexity index is 755. The molecule has 2 heteroatoms. The minimum Gasteiger partial charge on any atom is -0.300 e. The van der Waals surface area contributed by atoms with E-state index in [1.54, 1.807) is 0 Å². The van der Waals surface area contributed by atoms with Gasteiger partial charge in [-0.3, -0.25) is 4.57 Å². The van der Waals surface area contributed by atoms with E-state index >= 15 is 0 Å². The van der Waals surface area contributed by atoms with Crippen LogP contribution in [0.25, 0.3) is 17.1 Å². The first-order valence-corrected chi connectivity index (χ1v) is 9.82. The fourth-order valence-corrected chi connectivity index (χ4v) is 2.76. The van der Waals surface area contributed by atoms with Crippen molar-refractivity contribution in [2.24, 2.45) is 0 Å². The summed E-state index contributed by atoms with van der Waals surface area (Å²) in [5.74, 6) is 1.00. The summed E-state index contributed by atoms with van der Waals surface area (Å²) in [6, 6.07) is 19.0. The SMILES string of the molecule is CC.CC.CCC(C)(C)c1ccccc1-c1nccn1-c1ccccc1. The Morgan fingerprint density at radius 2 is 1.42 bits per heavy atom. The fourth-order valence-electron chi connectivity index (χ4n) is 2.76. The highest BCUT2D eigenvalue weighted by Crippen LogP contribution is 2.35. The summed E-state index contributed by atoms with van der Waals surface area (Å²) in [6.45, 7) is 14.8. The van der Waals surface area contributed by atoms with Crippen molar-refractivity contribution >= 4 is 0 Å². The minimum atomic E-state index is 0.129. The number of aromatic nitrogens is 2. The van der Waals surface area contributed by atoms with Gasteiger partial charge in [-0.05, 0) is 29.5 Å². The second-order valence-corrected chi connectivity index (χ2v) is 6.24. The van der Waals surface area contributed by atoms with E-state index in [1.165, 1.54) is 11.1 Å². The first-order valence-electron chi connectivity index (χ1n) is 9.82. The van der Waals surface area contributed by atoms with Crippen LogP contribution in [0.1, 0.15) is 60.5 Å². The van der Waals surface area contributed by atoms with Crippen molar-refractivity contribution in [3.8, 4) is 17.1 Å². The molecule has 1 heterocycles. The van der Waals surface area contributed by atoms with Gasteiger partial charge in [-0.15, -0.1) is 0 Å². The van der Waals surface area contributed by atoms with Crippen LogP contribution in [-0.2, 0) is 5.41 Å². The monoisotopic (exact) mass is 350 g/mol. The predicted molar refractivity (Wildman–Crippen MR) is 115 cm³/mol. The van der Waals surface area contributed by atoms with Crippen LogP contribution >= 0.6 is 0 Å². The third-order valence-corrected chi connectivity index (χ3v) is 4.46. The largest absolute Gasteiger partial charge is 0.300 e. The summed E-state index contributed by atoms with van der Waals surface area (Å²) in [6.07, 6.45) is 4.99. The molecule has 0 atom stereocenters. The summed E-state index contributed by atoms with van der Waals surface area (Å²) in [5, 5.41) is 0. The molecule has 0 radical (unpaired) electrons. The van der Waals surface area contributed by atoms with Crippen LogP contribution < -0.4 is 0 Å². The summed E-state index contributed by atoms with van der Waals surface area (Å²) in [4.78, 5) is 4.63. The smallest absolute Gasteiger partial charge is 0.144 e. The molecule has 3 rings (SSSR count). The number of nitrogens with zero attached hydrogens (tertiary/aromatic N) is 2. The molecule has 140 valence electrons. The Kier molecular flexibility index (Phi) is 8.84. The lowest BCUT2D eigenvalue weighted by molar-refractivity contribution is 0.507. The second-order valence-electron chi connectivity index (χ2n) is 6.24. The molecule has 0 fully saturated rings. The fraction of sp³-hybridized carbons (Fsp3) is 0.375. The van der Waals surface area contributed by atoms with Crippen molar-refractivity contribution in [1.82, 2.24) is 9.55 Å². The van der Waals surface area contributed by atoms with Crippen molar-refractivity contribution in [2.45, 2.75) is 60.3 Å². The number of rotatable bonds is 4. The van der Waals surface area contributed by atoms with Gasteiger partial charge < -0.3 is 0 Å². The van der Waals surface area contributed by atoms with Crippen LogP contribution in [0, 0.1) is 0 Å². The third-order valence-electron chi connectivity index (χ3n) is 4.46. The second kappa shape index (κ2) is 10.6.